The van der Waals surface area contributed by atoms with E-state index in [9.17, 15) is 4.79 Å². The van der Waals surface area contributed by atoms with E-state index in [0.717, 1.165) is 0 Å². The van der Waals surface area contributed by atoms with Gasteiger partial charge in [-0.15, -0.1) is 0 Å². The molecule has 2 unspecified atom stereocenters. The van der Waals surface area contributed by atoms with Crippen LogP contribution in [0.5, 0.6) is 5.75 Å². The average molecular weight is 375 g/mol. The standard InChI is InChI=1S/C22H34N2O3/c1-26-21-13-7-6-12-20(21)23-22(25)27-17-19-11-5-2-4-10-18(19)16-24-14-8-3-9-15-24/h6-7,12-13,18-19H,2-5,8-11,14-17H2,1H3,(H,23,25). The molecule has 150 valence electrons. The first kappa shape index (κ1) is 20.0. The lowest BCUT2D eigenvalue weighted by molar-refractivity contribution is 0.0957. The van der Waals surface area contributed by atoms with Gasteiger partial charge in [0.2, 0.25) is 0 Å². The zero-order valence-corrected chi connectivity index (χ0v) is 16.6. The Balaban J connectivity index is 1.52. The van der Waals surface area contributed by atoms with Crippen molar-refractivity contribution in [3.8, 4) is 5.75 Å². The molecule has 0 aromatic heterocycles. The summed E-state index contributed by atoms with van der Waals surface area (Å²) in [7, 11) is 1.60. The van der Waals surface area contributed by atoms with Crippen molar-refractivity contribution < 1.29 is 14.3 Å². The Hall–Kier alpha value is -1.75. The number of likely N-dealkylation sites (tertiary alicyclic amines) is 1. The molecule has 5 heteroatoms. The van der Waals surface area contributed by atoms with Crippen LogP contribution in [0.4, 0.5) is 10.5 Å². The van der Waals surface area contributed by atoms with Crippen LogP contribution in [0.15, 0.2) is 24.3 Å². The van der Waals surface area contributed by atoms with E-state index in [1.807, 2.05) is 24.3 Å². The van der Waals surface area contributed by atoms with Crippen LogP contribution >= 0.6 is 0 Å². The maximum Gasteiger partial charge on any atom is 0.411 e. The number of benzene rings is 1. The van der Waals surface area contributed by atoms with Gasteiger partial charge in [-0.2, -0.15) is 0 Å². The van der Waals surface area contributed by atoms with Crippen LogP contribution in [0.2, 0.25) is 0 Å². The summed E-state index contributed by atoms with van der Waals surface area (Å²) in [5.74, 6) is 1.76. The molecule has 2 aliphatic rings. The smallest absolute Gasteiger partial charge is 0.411 e. The summed E-state index contributed by atoms with van der Waals surface area (Å²) in [4.78, 5) is 14.9. The third kappa shape index (κ3) is 6.13. The lowest BCUT2D eigenvalue weighted by atomic mass is 9.87. The van der Waals surface area contributed by atoms with E-state index in [4.69, 9.17) is 9.47 Å². The van der Waals surface area contributed by atoms with Gasteiger partial charge in [0.25, 0.3) is 0 Å². The third-order valence-corrected chi connectivity index (χ3v) is 6.03. The molecule has 1 saturated heterocycles. The van der Waals surface area contributed by atoms with Gasteiger partial charge in [0.15, 0.2) is 0 Å². The van der Waals surface area contributed by atoms with Gasteiger partial charge in [0, 0.05) is 6.54 Å². The van der Waals surface area contributed by atoms with Crippen molar-refractivity contribution in [3.63, 3.8) is 0 Å². The Kier molecular flexibility index (Phi) is 7.81. The number of amides is 1. The quantitative estimate of drug-likeness (QED) is 0.718. The van der Waals surface area contributed by atoms with Crippen molar-refractivity contribution in [1.82, 2.24) is 4.90 Å². The summed E-state index contributed by atoms with van der Waals surface area (Å²) in [6.45, 7) is 4.15. The SMILES string of the molecule is COc1ccccc1NC(=O)OCC1CCCCCC1CN1CCCCC1. The molecule has 1 aliphatic heterocycles. The molecule has 5 nitrogen and oxygen atoms in total. The van der Waals surface area contributed by atoms with Crippen LogP contribution in [0, 0.1) is 11.8 Å². The number of anilines is 1. The summed E-state index contributed by atoms with van der Waals surface area (Å²) >= 11 is 0. The molecule has 1 N–H and O–H groups in total. The number of nitrogens with zero attached hydrogens (tertiary/aromatic N) is 1. The number of nitrogens with one attached hydrogen (secondary N) is 1. The molecule has 1 aliphatic carbocycles. The molecular formula is C22H34N2O3. The molecule has 2 fully saturated rings. The molecule has 0 bridgehead atoms. The van der Waals surface area contributed by atoms with Crippen molar-refractivity contribution in [2.24, 2.45) is 11.8 Å². The topological polar surface area (TPSA) is 50.8 Å². The fourth-order valence-corrected chi connectivity index (χ4v) is 4.47. The number of hydrogen-bond donors (Lipinski definition) is 1. The van der Waals surface area contributed by atoms with Crippen molar-refractivity contribution in [3.05, 3.63) is 24.3 Å². The second-order valence-electron chi connectivity index (χ2n) is 7.94. The summed E-state index contributed by atoms with van der Waals surface area (Å²) in [5.41, 5.74) is 0.649. The number of rotatable bonds is 6. The second-order valence-corrected chi connectivity index (χ2v) is 7.94. The Labute approximate surface area is 163 Å². The van der Waals surface area contributed by atoms with Gasteiger partial charge in [-0.1, -0.05) is 37.8 Å². The molecular weight excluding hydrogens is 340 g/mol. The molecule has 1 aromatic carbocycles. The number of para-hydroxylation sites is 2. The molecule has 1 heterocycles. The summed E-state index contributed by atoms with van der Waals surface area (Å²) < 4.78 is 10.9. The lowest BCUT2D eigenvalue weighted by Gasteiger charge is -2.33. The van der Waals surface area contributed by atoms with Gasteiger partial charge in [-0.05, 0) is 62.7 Å². The van der Waals surface area contributed by atoms with Gasteiger partial charge in [0.05, 0.1) is 19.4 Å². The zero-order valence-electron chi connectivity index (χ0n) is 16.6. The van der Waals surface area contributed by atoms with Gasteiger partial charge >= 0.3 is 6.09 Å². The van der Waals surface area contributed by atoms with Crippen LogP contribution in [0.3, 0.4) is 0 Å². The minimum absolute atomic E-state index is 0.388. The summed E-state index contributed by atoms with van der Waals surface area (Å²) in [6, 6.07) is 7.41. The van der Waals surface area contributed by atoms with Crippen LogP contribution in [0.25, 0.3) is 0 Å². The van der Waals surface area contributed by atoms with E-state index in [2.05, 4.69) is 10.2 Å². The van der Waals surface area contributed by atoms with Crippen molar-refractivity contribution in [2.45, 2.75) is 51.4 Å². The Morgan fingerprint density at radius 2 is 1.74 bits per heavy atom. The normalized spacial score (nSPS) is 24.0. The van der Waals surface area contributed by atoms with Crippen LogP contribution in [-0.2, 0) is 4.74 Å². The highest BCUT2D eigenvalue weighted by atomic mass is 16.5. The van der Waals surface area contributed by atoms with Gasteiger partial charge in [0.1, 0.15) is 5.75 Å². The van der Waals surface area contributed by atoms with E-state index in [1.165, 1.54) is 71.0 Å². The number of hydrogen-bond acceptors (Lipinski definition) is 4. The van der Waals surface area contributed by atoms with Gasteiger partial charge < -0.3 is 14.4 Å². The first-order chi connectivity index (χ1) is 13.3. The third-order valence-electron chi connectivity index (χ3n) is 6.03. The molecule has 1 saturated carbocycles. The second kappa shape index (κ2) is 10.5. The van der Waals surface area contributed by atoms with Crippen LogP contribution in [0.1, 0.15) is 51.4 Å². The molecule has 3 rings (SSSR count). The van der Waals surface area contributed by atoms with Crippen molar-refractivity contribution >= 4 is 11.8 Å². The van der Waals surface area contributed by atoms with Crippen LogP contribution < -0.4 is 10.1 Å². The fraction of sp³-hybridized carbons (Fsp3) is 0.682. The predicted octanol–water partition coefficient (Wildman–Crippen LogP) is 4.93. The highest BCUT2D eigenvalue weighted by molar-refractivity contribution is 5.86. The fourth-order valence-electron chi connectivity index (χ4n) is 4.47. The maximum absolute atomic E-state index is 12.3. The lowest BCUT2D eigenvalue weighted by Crippen LogP contribution is -2.37. The molecule has 1 amide bonds. The van der Waals surface area contributed by atoms with Crippen molar-refractivity contribution in [2.75, 3.05) is 38.7 Å². The average Bonchev–Trinajstić information content (AvgIpc) is 2.92. The molecule has 0 radical (unpaired) electrons. The number of carbonyl (C=O) groups is 1. The van der Waals surface area contributed by atoms with E-state index in [1.54, 1.807) is 7.11 Å². The van der Waals surface area contributed by atoms with Crippen LogP contribution in [-0.4, -0.2) is 44.3 Å². The summed E-state index contributed by atoms with van der Waals surface area (Å²) in [5, 5.41) is 2.82. The minimum atomic E-state index is -0.388. The predicted molar refractivity (Wildman–Crippen MR) is 108 cm³/mol. The molecule has 2 atom stereocenters. The first-order valence-corrected chi connectivity index (χ1v) is 10.6. The number of methoxy groups -OCH3 is 1. The molecule has 27 heavy (non-hydrogen) atoms. The number of carbonyl (C=O) groups excluding carboxylic acids is 1. The highest BCUT2D eigenvalue weighted by Gasteiger charge is 2.27. The van der Waals surface area contributed by atoms with Gasteiger partial charge in [-0.3, -0.25) is 5.32 Å². The van der Waals surface area contributed by atoms with E-state index >= 15 is 0 Å². The molecule has 0 spiro atoms. The van der Waals surface area contributed by atoms with E-state index < -0.39 is 0 Å². The number of piperidine rings is 1. The Morgan fingerprint density at radius 1 is 1.04 bits per heavy atom. The number of ether oxygens (including phenoxy) is 2. The van der Waals surface area contributed by atoms with E-state index in [0.29, 0.717) is 29.9 Å². The first-order valence-electron chi connectivity index (χ1n) is 10.6. The van der Waals surface area contributed by atoms with Gasteiger partial charge in [-0.25, -0.2) is 4.79 Å². The Bertz CT molecular complexity index is 587. The monoisotopic (exact) mass is 374 g/mol. The minimum Gasteiger partial charge on any atom is -0.495 e. The summed E-state index contributed by atoms with van der Waals surface area (Å²) in [6.07, 6.45) is 9.93. The highest BCUT2D eigenvalue weighted by Crippen LogP contribution is 2.31. The zero-order chi connectivity index (χ0) is 18.9. The molecule has 1 aromatic rings. The largest absolute Gasteiger partial charge is 0.495 e. The Morgan fingerprint density at radius 3 is 2.52 bits per heavy atom. The maximum atomic E-state index is 12.3. The van der Waals surface area contributed by atoms with Crippen molar-refractivity contribution in [1.29, 1.82) is 0 Å². The van der Waals surface area contributed by atoms with E-state index in [-0.39, 0.29) is 6.09 Å².